The highest BCUT2D eigenvalue weighted by Crippen LogP contribution is 2.21. The van der Waals surface area contributed by atoms with Gasteiger partial charge in [0.1, 0.15) is 5.69 Å². The van der Waals surface area contributed by atoms with Crippen LogP contribution < -0.4 is 5.32 Å². The molecular formula is C16H17N5O2S. The molecule has 2 heterocycles. The molecule has 124 valence electrons. The molecule has 2 aromatic heterocycles. The van der Waals surface area contributed by atoms with Gasteiger partial charge < -0.3 is 4.42 Å². The first-order valence-electron chi connectivity index (χ1n) is 7.35. The first-order valence-corrected chi connectivity index (χ1v) is 8.33. The second-order valence-electron chi connectivity index (χ2n) is 5.36. The molecule has 0 fully saturated rings. The van der Waals surface area contributed by atoms with Crippen LogP contribution in [0.5, 0.6) is 0 Å². The molecule has 1 N–H and O–H groups in total. The van der Waals surface area contributed by atoms with Crippen LogP contribution in [0.25, 0.3) is 11.6 Å². The average Bonchev–Trinajstić information content (AvgIpc) is 3.14. The van der Waals surface area contributed by atoms with Crippen molar-refractivity contribution in [3.8, 4) is 11.6 Å². The van der Waals surface area contributed by atoms with Gasteiger partial charge in [-0.2, -0.15) is 5.10 Å². The summed E-state index contributed by atoms with van der Waals surface area (Å²) < 4.78 is 7.16. The van der Waals surface area contributed by atoms with Gasteiger partial charge >= 0.3 is 6.01 Å². The summed E-state index contributed by atoms with van der Waals surface area (Å²) in [5.74, 6) is 0.344. The lowest BCUT2D eigenvalue weighted by Crippen LogP contribution is -2.14. The monoisotopic (exact) mass is 343 g/mol. The molecule has 0 aliphatic heterocycles. The molecule has 0 atom stereocenters. The fourth-order valence-corrected chi connectivity index (χ4v) is 2.68. The smallest absolute Gasteiger partial charge is 0.322 e. The molecule has 0 aliphatic carbocycles. The number of hydrogen-bond acceptors (Lipinski definition) is 6. The summed E-state index contributed by atoms with van der Waals surface area (Å²) in [6, 6.07) is 9.91. The largest absolute Gasteiger partial charge is 0.401 e. The minimum Gasteiger partial charge on any atom is -0.401 e. The number of thioether (sulfide) groups is 1. The Kier molecular flexibility index (Phi) is 4.66. The van der Waals surface area contributed by atoms with E-state index in [0.717, 1.165) is 10.6 Å². The number of amides is 1. The lowest BCUT2D eigenvalue weighted by molar-refractivity contribution is -0.113. The van der Waals surface area contributed by atoms with Crippen LogP contribution in [-0.4, -0.2) is 31.6 Å². The van der Waals surface area contributed by atoms with Crippen molar-refractivity contribution in [2.75, 3.05) is 11.1 Å². The van der Waals surface area contributed by atoms with Crippen molar-refractivity contribution < 1.29 is 9.21 Å². The number of carbonyl (C=O) groups is 1. The standard InChI is InChI=1S/C16H17N5O2S/c1-10-4-6-12(7-5-10)24-9-14(22)17-16-19-18-15(23-16)13-8-11(2)21(3)20-13/h4-8H,9H2,1-3H3,(H,17,19,22). The Balaban J connectivity index is 1.58. The summed E-state index contributed by atoms with van der Waals surface area (Å²) in [4.78, 5) is 13.0. The zero-order valence-electron chi connectivity index (χ0n) is 13.6. The Morgan fingerprint density at radius 1 is 1.25 bits per heavy atom. The van der Waals surface area contributed by atoms with E-state index in [-0.39, 0.29) is 23.6 Å². The van der Waals surface area contributed by atoms with E-state index < -0.39 is 0 Å². The lowest BCUT2D eigenvalue weighted by atomic mass is 10.2. The number of aromatic nitrogens is 4. The number of benzene rings is 1. The van der Waals surface area contributed by atoms with Crippen LogP contribution in [0.4, 0.5) is 6.01 Å². The van der Waals surface area contributed by atoms with Crippen molar-refractivity contribution in [3.05, 3.63) is 41.6 Å². The first-order chi connectivity index (χ1) is 11.5. The van der Waals surface area contributed by atoms with Gasteiger partial charge in [-0.1, -0.05) is 22.8 Å². The molecule has 0 unspecified atom stereocenters. The summed E-state index contributed by atoms with van der Waals surface area (Å²) in [5, 5.41) is 14.6. The molecular weight excluding hydrogens is 326 g/mol. The molecule has 0 spiro atoms. The molecule has 3 aromatic rings. The predicted octanol–water partition coefficient (Wildman–Crippen LogP) is 2.82. The van der Waals surface area contributed by atoms with Gasteiger partial charge in [0, 0.05) is 17.6 Å². The maximum absolute atomic E-state index is 12.0. The fraction of sp³-hybridized carbons (Fsp3) is 0.250. The van der Waals surface area contributed by atoms with Crippen molar-refractivity contribution in [3.63, 3.8) is 0 Å². The quantitative estimate of drug-likeness (QED) is 0.717. The average molecular weight is 343 g/mol. The molecule has 3 rings (SSSR count). The summed E-state index contributed by atoms with van der Waals surface area (Å²) in [5.41, 5.74) is 2.74. The molecule has 8 heteroatoms. The summed E-state index contributed by atoms with van der Waals surface area (Å²) in [6.07, 6.45) is 0. The van der Waals surface area contributed by atoms with Crippen LogP contribution in [0.3, 0.4) is 0 Å². The topological polar surface area (TPSA) is 85.8 Å². The minimum absolute atomic E-state index is 0.0720. The Hall–Kier alpha value is -2.61. The molecule has 0 saturated carbocycles. The van der Waals surface area contributed by atoms with Gasteiger partial charge in [-0.25, -0.2) is 0 Å². The third kappa shape index (κ3) is 3.83. The van der Waals surface area contributed by atoms with E-state index in [2.05, 4.69) is 20.6 Å². The van der Waals surface area contributed by atoms with E-state index in [1.807, 2.05) is 51.2 Å². The highest BCUT2D eigenvalue weighted by Gasteiger charge is 2.14. The van der Waals surface area contributed by atoms with Crippen molar-refractivity contribution in [1.29, 1.82) is 0 Å². The van der Waals surface area contributed by atoms with Crippen molar-refractivity contribution in [2.24, 2.45) is 7.05 Å². The van der Waals surface area contributed by atoms with Gasteiger partial charge in [0.05, 0.1) is 5.75 Å². The van der Waals surface area contributed by atoms with E-state index in [1.165, 1.54) is 17.3 Å². The molecule has 1 aromatic carbocycles. The highest BCUT2D eigenvalue weighted by atomic mass is 32.2. The van der Waals surface area contributed by atoms with Crippen molar-refractivity contribution in [1.82, 2.24) is 20.0 Å². The number of hydrogen-bond donors (Lipinski definition) is 1. The predicted molar refractivity (Wildman–Crippen MR) is 91.8 cm³/mol. The van der Waals surface area contributed by atoms with E-state index >= 15 is 0 Å². The van der Waals surface area contributed by atoms with Crippen LogP contribution in [-0.2, 0) is 11.8 Å². The van der Waals surface area contributed by atoms with Gasteiger partial charge in [-0.15, -0.1) is 16.9 Å². The first kappa shape index (κ1) is 16.3. The van der Waals surface area contributed by atoms with Gasteiger partial charge in [0.25, 0.3) is 5.89 Å². The fourth-order valence-electron chi connectivity index (χ4n) is 1.98. The van der Waals surface area contributed by atoms with E-state index in [0.29, 0.717) is 5.69 Å². The number of rotatable bonds is 5. The van der Waals surface area contributed by atoms with Crippen molar-refractivity contribution >= 4 is 23.7 Å². The van der Waals surface area contributed by atoms with Crippen LogP contribution in [0.15, 0.2) is 39.6 Å². The Bertz CT molecular complexity index is 834. The van der Waals surface area contributed by atoms with Crippen LogP contribution in [0.1, 0.15) is 11.3 Å². The van der Waals surface area contributed by atoms with Gasteiger partial charge in [-0.05, 0) is 32.0 Å². The number of anilines is 1. The zero-order valence-corrected chi connectivity index (χ0v) is 14.4. The summed E-state index contributed by atoms with van der Waals surface area (Å²) in [7, 11) is 1.83. The molecule has 0 radical (unpaired) electrons. The highest BCUT2D eigenvalue weighted by molar-refractivity contribution is 8.00. The van der Waals surface area contributed by atoms with Crippen LogP contribution in [0, 0.1) is 13.8 Å². The molecule has 1 amide bonds. The third-order valence-electron chi connectivity index (χ3n) is 3.40. The number of nitrogens with one attached hydrogen (secondary N) is 1. The van der Waals surface area contributed by atoms with E-state index in [4.69, 9.17) is 4.42 Å². The van der Waals surface area contributed by atoms with E-state index in [9.17, 15) is 4.79 Å². The third-order valence-corrected chi connectivity index (χ3v) is 4.41. The molecule has 24 heavy (non-hydrogen) atoms. The normalized spacial score (nSPS) is 10.8. The molecule has 7 nitrogen and oxygen atoms in total. The SMILES string of the molecule is Cc1ccc(SCC(=O)Nc2nnc(-c3cc(C)n(C)n3)o2)cc1. The van der Waals surface area contributed by atoms with Crippen LogP contribution in [0.2, 0.25) is 0 Å². The number of nitrogens with zero attached hydrogens (tertiary/aromatic N) is 4. The summed E-state index contributed by atoms with van der Waals surface area (Å²) >= 11 is 1.45. The maximum atomic E-state index is 12.0. The Morgan fingerprint density at radius 3 is 2.67 bits per heavy atom. The van der Waals surface area contributed by atoms with Crippen molar-refractivity contribution in [2.45, 2.75) is 18.7 Å². The molecule has 0 aliphatic rings. The number of carbonyl (C=O) groups excluding carboxylic acids is 1. The lowest BCUT2D eigenvalue weighted by Gasteiger charge is -2.01. The molecule has 0 saturated heterocycles. The second kappa shape index (κ2) is 6.88. The van der Waals surface area contributed by atoms with Crippen LogP contribution >= 0.6 is 11.8 Å². The Labute approximate surface area is 143 Å². The maximum Gasteiger partial charge on any atom is 0.322 e. The second-order valence-corrected chi connectivity index (χ2v) is 6.41. The summed E-state index contributed by atoms with van der Waals surface area (Å²) in [6.45, 7) is 3.95. The van der Waals surface area contributed by atoms with Gasteiger partial charge in [0.2, 0.25) is 5.91 Å². The van der Waals surface area contributed by atoms with Gasteiger partial charge in [0.15, 0.2) is 0 Å². The zero-order chi connectivity index (χ0) is 17.1. The van der Waals surface area contributed by atoms with Gasteiger partial charge in [-0.3, -0.25) is 14.8 Å². The number of aryl methyl sites for hydroxylation is 3. The minimum atomic E-state index is -0.201. The molecule has 0 bridgehead atoms. The Morgan fingerprint density at radius 2 is 2.00 bits per heavy atom. The van der Waals surface area contributed by atoms with E-state index in [1.54, 1.807) is 4.68 Å².